The minimum absolute atomic E-state index is 0.0684. The van der Waals surface area contributed by atoms with Crippen LogP contribution in [0.3, 0.4) is 0 Å². The third-order valence-electron chi connectivity index (χ3n) is 7.57. The van der Waals surface area contributed by atoms with Crippen LogP contribution < -0.4 is 14.2 Å². The summed E-state index contributed by atoms with van der Waals surface area (Å²) < 4.78 is 83.2. The third-order valence-corrected chi connectivity index (χ3v) is 15.5. The summed E-state index contributed by atoms with van der Waals surface area (Å²) in [4.78, 5) is 0. The average Bonchev–Trinajstić information content (AvgIpc) is 2.99. The van der Waals surface area contributed by atoms with Crippen LogP contribution in [0.25, 0.3) is 0 Å². The first-order valence-electron chi connectivity index (χ1n) is 17.1. The van der Waals surface area contributed by atoms with Crippen molar-refractivity contribution in [1.82, 2.24) is 14.2 Å². The summed E-state index contributed by atoms with van der Waals surface area (Å²) in [6.45, 7) is -0.205. The Morgan fingerprint density at radius 2 is 0.543 bits per heavy atom. The minimum atomic E-state index is -4.80. The molecule has 0 atom stereocenters. The maximum Gasteiger partial charge on any atom is 0.303 e. The molecule has 0 spiro atoms. The fraction of sp³-hybridized carbons (Fsp3) is 0.903. The number of rotatable bonds is 33. The van der Waals surface area contributed by atoms with E-state index in [-0.39, 0.29) is 19.6 Å². The van der Waals surface area contributed by atoms with Crippen LogP contribution in [0.15, 0.2) is 0 Å². The van der Waals surface area contributed by atoms with Crippen molar-refractivity contribution in [2.45, 2.75) is 158 Å². The molecule has 0 amide bonds. The van der Waals surface area contributed by atoms with Gasteiger partial charge in [-0.15, -0.1) is 0 Å². The van der Waals surface area contributed by atoms with Gasteiger partial charge >= 0.3 is 3.91 Å². The van der Waals surface area contributed by atoms with Crippen LogP contribution in [-0.2, 0) is 30.1 Å². The van der Waals surface area contributed by atoms with Gasteiger partial charge in [-0.3, -0.25) is 0 Å². The Morgan fingerprint density at radius 1 is 0.348 bits per heavy atom. The molecule has 0 fully saturated rings. The molecule has 3 N–H and O–H groups in total. The molecule has 0 heterocycles. The van der Waals surface area contributed by atoms with E-state index in [9.17, 15) is 25.3 Å². The van der Waals surface area contributed by atoms with E-state index in [4.69, 9.17) is 15.8 Å². The summed E-state index contributed by atoms with van der Waals surface area (Å²) in [6.07, 6.45) is 18.9. The number of hydrogen-bond donors (Lipinski definition) is 3. The highest BCUT2D eigenvalue weighted by molar-refractivity contribution is 8.22. The largest absolute Gasteiger partial charge is 0.303 e. The zero-order valence-electron chi connectivity index (χ0n) is 27.7. The van der Waals surface area contributed by atoms with Crippen molar-refractivity contribution in [2.24, 2.45) is 0 Å². The van der Waals surface area contributed by atoms with Gasteiger partial charge in [0.2, 0.25) is 30.1 Å². The Bertz CT molecular complexity index is 1070. The number of hydrogen-bond acceptors (Lipinski definition) is 9. The minimum Gasteiger partial charge on any atom is -0.213 e. The first-order chi connectivity index (χ1) is 22.0. The van der Waals surface area contributed by atoms with Gasteiger partial charge in [-0.25, -0.2) is 39.4 Å². The molecule has 0 saturated heterocycles. The predicted octanol–water partition coefficient (Wildman–Crippen LogP) is 5.96. The fourth-order valence-corrected chi connectivity index (χ4v) is 11.9. The van der Waals surface area contributed by atoms with Crippen molar-refractivity contribution in [3.63, 3.8) is 0 Å². The Kier molecular flexibility index (Phi) is 27.1. The summed E-state index contributed by atoms with van der Waals surface area (Å²) in [7, 11) is -14.4. The normalized spacial score (nSPS) is 12.1. The second kappa shape index (κ2) is 28.2. The van der Waals surface area contributed by atoms with E-state index < -0.39 is 34.0 Å². The molecule has 0 aliphatic rings. The molecule has 46 heavy (non-hydrogen) atoms. The fourth-order valence-electron chi connectivity index (χ4n) is 4.99. The van der Waals surface area contributed by atoms with Crippen LogP contribution in [0.4, 0.5) is 0 Å². The monoisotopic (exact) mass is 706 g/mol. The molecule has 0 aliphatic heterocycles. The number of nitriles is 3. The lowest BCUT2D eigenvalue weighted by Crippen LogP contribution is -2.53. The highest BCUT2D eigenvalue weighted by Gasteiger charge is 2.48. The SMILES string of the molecule is N#CCCCCCCCCCNS(=O)(=O)C(S(=O)(=O)NCCCCCCCCCC#N)S(=O)(=O)NCCCCCCCCCC#N. The molecule has 0 aliphatic carbocycles. The van der Waals surface area contributed by atoms with Gasteiger partial charge in [-0.2, -0.15) is 15.8 Å². The molecule has 266 valence electrons. The van der Waals surface area contributed by atoms with Gasteiger partial charge < -0.3 is 0 Å². The van der Waals surface area contributed by atoms with E-state index in [1.54, 1.807) is 0 Å². The summed E-state index contributed by atoms with van der Waals surface area (Å²) in [5, 5.41) is 25.8. The van der Waals surface area contributed by atoms with Crippen molar-refractivity contribution < 1.29 is 25.3 Å². The molecule has 0 bridgehead atoms. The molecule has 15 heteroatoms. The van der Waals surface area contributed by atoms with Crippen LogP contribution in [0.1, 0.15) is 154 Å². The van der Waals surface area contributed by atoms with Gasteiger partial charge in [0, 0.05) is 38.9 Å². The van der Waals surface area contributed by atoms with Crippen molar-refractivity contribution in [1.29, 1.82) is 15.8 Å². The number of sulfonamides is 3. The van der Waals surface area contributed by atoms with E-state index in [1.165, 1.54) is 0 Å². The van der Waals surface area contributed by atoms with Gasteiger partial charge in [0.05, 0.1) is 18.2 Å². The summed E-state index contributed by atoms with van der Waals surface area (Å²) in [5.41, 5.74) is 0. The van der Waals surface area contributed by atoms with Gasteiger partial charge in [0.1, 0.15) is 0 Å². The van der Waals surface area contributed by atoms with Crippen molar-refractivity contribution >= 4 is 30.1 Å². The molecular weight excluding hydrogens is 649 g/mol. The highest BCUT2D eigenvalue weighted by atomic mass is 32.3. The molecule has 0 aromatic carbocycles. The molecule has 12 nitrogen and oxygen atoms in total. The maximum atomic E-state index is 13.2. The van der Waals surface area contributed by atoms with Crippen LogP contribution in [0, 0.1) is 34.0 Å². The molecule has 0 saturated carbocycles. The summed E-state index contributed by atoms with van der Waals surface area (Å²) in [5.74, 6) is 0. The lowest BCUT2D eigenvalue weighted by molar-refractivity contribution is 0.543. The van der Waals surface area contributed by atoms with E-state index in [0.29, 0.717) is 57.8 Å². The van der Waals surface area contributed by atoms with Gasteiger partial charge in [0.15, 0.2) is 0 Å². The smallest absolute Gasteiger partial charge is 0.213 e. The van der Waals surface area contributed by atoms with E-state index in [2.05, 4.69) is 32.4 Å². The number of unbranched alkanes of at least 4 members (excludes halogenated alkanes) is 21. The third kappa shape index (κ3) is 23.5. The van der Waals surface area contributed by atoms with Gasteiger partial charge in [-0.05, 0) is 38.5 Å². The Balaban J connectivity index is 5.02. The van der Waals surface area contributed by atoms with E-state index in [1.807, 2.05) is 0 Å². The van der Waals surface area contributed by atoms with Gasteiger partial charge in [-0.1, -0.05) is 96.3 Å². The maximum absolute atomic E-state index is 13.2. The second-order valence-corrected chi connectivity index (χ2v) is 18.2. The van der Waals surface area contributed by atoms with Crippen LogP contribution in [0.5, 0.6) is 0 Å². The molecule has 0 radical (unpaired) electrons. The van der Waals surface area contributed by atoms with Crippen LogP contribution >= 0.6 is 0 Å². The average molecular weight is 707 g/mol. The molecule has 0 unspecified atom stereocenters. The standard InChI is InChI=1S/C31H58N6O6S3/c32-25-19-13-7-1-4-10-16-22-28-35-44(38,39)31(45(40,41)36-29-23-17-11-5-2-8-14-20-26-33)46(42,43)37-30-24-18-12-6-3-9-15-21-27-34/h31,35-37H,1-24,28-30H2. The van der Waals surface area contributed by atoms with Crippen molar-refractivity contribution in [3.8, 4) is 18.2 Å². The first kappa shape index (κ1) is 44.2. The lowest BCUT2D eigenvalue weighted by atomic mass is 10.1. The Hall–Kier alpha value is -1.80. The topological polar surface area (TPSA) is 210 Å². The number of nitrogens with one attached hydrogen (secondary N) is 3. The number of nitrogens with zero attached hydrogens (tertiary/aromatic N) is 3. The Morgan fingerprint density at radius 3 is 0.761 bits per heavy atom. The summed E-state index contributed by atoms with van der Waals surface area (Å²) >= 11 is 0. The zero-order chi connectivity index (χ0) is 34.4. The summed E-state index contributed by atoms with van der Waals surface area (Å²) in [6, 6.07) is 6.34. The molecule has 0 aromatic rings. The second-order valence-electron chi connectivity index (χ2n) is 11.8. The quantitative estimate of drug-likeness (QED) is 0.0686. The van der Waals surface area contributed by atoms with Crippen LogP contribution in [0.2, 0.25) is 0 Å². The van der Waals surface area contributed by atoms with E-state index >= 15 is 0 Å². The highest BCUT2D eigenvalue weighted by Crippen LogP contribution is 2.17. The van der Waals surface area contributed by atoms with Gasteiger partial charge in [0.25, 0.3) is 0 Å². The molecule has 0 rings (SSSR count). The predicted molar refractivity (Wildman–Crippen MR) is 182 cm³/mol. The van der Waals surface area contributed by atoms with E-state index in [0.717, 1.165) is 96.3 Å². The Labute approximate surface area is 280 Å². The van der Waals surface area contributed by atoms with Crippen molar-refractivity contribution in [2.75, 3.05) is 19.6 Å². The first-order valence-corrected chi connectivity index (χ1v) is 21.8. The van der Waals surface area contributed by atoms with Crippen LogP contribution in [-0.4, -0.2) is 48.8 Å². The molecular formula is C31H58N6O6S3. The zero-order valence-corrected chi connectivity index (χ0v) is 30.1. The van der Waals surface area contributed by atoms with Crippen molar-refractivity contribution in [3.05, 3.63) is 0 Å². The lowest BCUT2D eigenvalue weighted by Gasteiger charge is -2.20. The molecule has 0 aromatic heterocycles.